The minimum atomic E-state index is -3.43. The van der Waals surface area contributed by atoms with Gasteiger partial charge in [0.1, 0.15) is 0 Å². The number of rotatable bonds is 10. The first kappa shape index (κ1) is 19.9. The summed E-state index contributed by atoms with van der Waals surface area (Å²) in [5, 5.41) is 3.24. The predicted molar refractivity (Wildman–Crippen MR) is 90.8 cm³/mol. The number of methoxy groups -OCH3 is 1. The van der Waals surface area contributed by atoms with Gasteiger partial charge < -0.3 is 10.1 Å². The number of halogens is 1. The highest BCUT2D eigenvalue weighted by molar-refractivity contribution is 7.88. The first-order chi connectivity index (χ1) is 10.8. The summed E-state index contributed by atoms with van der Waals surface area (Å²) in [5.41, 5.74) is 0.708. The van der Waals surface area contributed by atoms with Crippen molar-refractivity contribution < 1.29 is 17.9 Å². The normalized spacial score (nSPS) is 11.7. The van der Waals surface area contributed by atoms with Gasteiger partial charge in [0.2, 0.25) is 15.9 Å². The minimum absolute atomic E-state index is 0.102. The van der Waals surface area contributed by atoms with Gasteiger partial charge in [-0.2, -0.15) is 4.31 Å². The van der Waals surface area contributed by atoms with Crippen LogP contribution in [-0.2, 0) is 26.1 Å². The predicted octanol–water partition coefficient (Wildman–Crippen LogP) is 1.64. The van der Waals surface area contributed by atoms with Crippen LogP contribution in [0.1, 0.15) is 18.4 Å². The van der Waals surface area contributed by atoms with Gasteiger partial charge in [0.25, 0.3) is 0 Å². The highest BCUT2D eigenvalue weighted by atomic mass is 35.5. The van der Waals surface area contributed by atoms with E-state index in [9.17, 15) is 13.2 Å². The van der Waals surface area contributed by atoms with E-state index in [-0.39, 0.29) is 25.4 Å². The van der Waals surface area contributed by atoms with Crippen LogP contribution in [0.25, 0.3) is 0 Å². The lowest BCUT2D eigenvalue weighted by Gasteiger charge is -2.20. The van der Waals surface area contributed by atoms with Crippen LogP contribution >= 0.6 is 11.6 Å². The highest BCUT2D eigenvalue weighted by Gasteiger charge is 2.19. The van der Waals surface area contributed by atoms with Crippen LogP contribution in [0.4, 0.5) is 0 Å². The molecule has 0 unspecified atom stereocenters. The molecule has 1 aromatic carbocycles. The van der Waals surface area contributed by atoms with Crippen molar-refractivity contribution in [2.45, 2.75) is 19.4 Å². The zero-order valence-corrected chi connectivity index (χ0v) is 15.0. The standard InChI is InChI=1S/C15H23ClN2O4S/c1-22-11-5-9-17-15(19)8-10-18(23(2,20)21)12-13-6-3-4-7-14(13)16/h3-4,6-7H,5,8-12H2,1-2H3,(H,17,19). The fourth-order valence-corrected chi connectivity index (χ4v) is 2.93. The zero-order chi connectivity index (χ0) is 17.3. The van der Waals surface area contributed by atoms with Crippen LogP contribution in [0.2, 0.25) is 5.02 Å². The largest absolute Gasteiger partial charge is 0.385 e. The fourth-order valence-electron chi connectivity index (χ4n) is 1.94. The second-order valence-corrected chi connectivity index (χ2v) is 7.52. The monoisotopic (exact) mass is 362 g/mol. The summed E-state index contributed by atoms with van der Waals surface area (Å²) in [6, 6.07) is 7.06. The smallest absolute Gasteiger partial charge is 0.221 e. The molecule has 0 saturated heterocycles. The summed E-state index contributed by atoms with van der Waals surface area (Å²) >= 11 is 6.07. The van der Waals surface area contributed by atoms with Crippen molar-refractivity contribution in [1.29, 1.82) is 0 Å². The Morgan fingerprint density at radius 2 is 2.04 bits per heavy atom. The zero-order valence-electron chi connectivity index (χ0n) is 13.4. The number of ether oxygens (including phenoxy) is 1. The number of nitrogens with zero attached hydrogens (tertiary/aromatic N) is 1. The van der Waals surface area contributed by atoms with E-state index in [1.165, 1.54) is 4.31 Å². The lowest BCUT2D eigenvalue weighted by atomic mass is 10.2. The molecule has 23 heavy (non-hydrogen) atoms. The van der Waals surface area contributed by atoms with Crippen molar-refractivity contribution in [3.63, 3.8) is 0 Å². The van der Waals surface area contributed by atoms with Crippen LogP contribution in [0, 0.1) is 0 Å². The van der Waals surface area contributed by atoms with Crippen molar-refractivity contribution in [2.24, 2.45) is 0 Å². The number of benzene rings is 1. The van der Waals surface area contributed by atoms with E-state index in [0.29, 0.717) is 23.7 Å². The van der Waals surface area contributed by atoms with Crippen LogP contribution < -0.4 is 5.32 Å². The van der Waals surface area contributed by atoms with Crippen molar-refractivity contribution in [3.8, 4) is 0 Å². The second-order valence-electron chi connectivity index (χ2n) is 5.13. The van der Waals surface area contributed by atoms with Crippen LogP contribution in [0.5, 0.6) is 0 Å². The summed E-state index contributed by atoms with van der Waals surface area (Å²) < 4.78 is 29.9. The van der Waals surface area contributed by atoms with Gasteiger partial charge in [-0.15, -0.1) is 0 Å². The molecular formula is C15H23ClN2O4S. The van der Waals surface area contributed by atoms with E-state index in [4.69, 9.17) is 16.3 Å². The van der Waals surface area contributed by atoms with Gasteiger partial charge in [-0.25, -0.2) is 8.42 Å². The summed E-state index contributed by atoms with van der Waals surface area (Å²) in [6.07, 6.45) is 1.95. The third-order valence-electron chi connectivity index (χ3n) is 3.21. The van der Waals surface area contributed by atoms with E-state index >= 15 is 0 Å². The van der Waals surface area contributed by atoms with E-state index in [0.717, 1.165) is 12.7 Å². The average molecular weight is 363 g/mol. The lowest BCUT2D eigenvalue weighted by Crippen LogP contribution is -2.34. The highest BCUT2D eigenvalue weighted by Crippen LogP contribution is 2.18. The van der Waals surface area contributed by atoms with Crippen molar-refractivity contribution >= 4 is 27.5 Å². The molecule has 1 aromatic rings. The minimum Gasteiger partial charge on any atom is -0.385 e. The summed E-state index contributed by atoms with van der Waals surface area (Å²) in [6.45, 7) is 1.34. The van der Waals surface area contributed by atoms with Gasteiger partial charge in [0, 0.05) is 44.8 Å². The molecule has 0 bridgehead atoms. The molecule has 0 aliphatic carbocycles. The molecule has 1 N–H and O–H groups in total. The van der Waals surface area contributed by atoms with Crippen molar-refractivity contribution in [3.05, 3.63) is 34.9 Å². The Balaban J connectivity index is 2.56. The van der Waals surface area contributed by atoms with Gasteiger partial charge in [-0.1, -0.05) is 29.8 Å². The van der Waals surface area contributed by atoms with Crippen LogP contribution in [-0.4, -0.2) is 51.7 Å². The van der Waals surface area contributed by atoms with E-state index in [1.807, 2.05) is 0 Å². The summed E-state index contributed by atoms with van der Waals surface area (Å²) in [5.74, 6) is -0.186. The van der Waals surface area contributed by atoms with Crippen LogP contribution in [0.15, 0.2) is 24.3 Å². The quantitative estimate of drug-likeness (QED) is 0.642. The van der Waals surface area contributed by atoms with Crippen LogP contribution in [0.3, 0.4) is 0 Å². The average Bonchev–Trinajstić information content (AvgIpc) is 2.48. The molecule has 1 amide bonds. The van der Waals surface area contributed by atoms with Gasteiger partial charge >= 0.3 is 0 Å². The molecule has 0 atom stereocenters. The molecule has 1 rings (SSSR count). The Hall–Kier alpha value is -1.15. The maximum atomic E-state index is 11.9. The number of carbonyl (C=O) groups excluding carboxylic acids is 1. The molecule has 0 aliphatic heterocycles. The Labute approximate surface area is 142 Å². The first-order valence-corrected chi connectivity index (χ1v) is 9.51. The molecule has 0 heterocycles. The number of carbonyl (C=O) groups is 1. The van der Waals surface area contributed by atoms with Gasteiger partial charge in [-0.05, 0) is 18.1 Å². The Morgan fingerprint density at radius 1 is 1.35 bits per heavy atom. The first-order valence-electron chi connectivity index (χ1n) is 7.28. The molecule has 0 aliphatic rings. The third-order valence-corrected chi connectivity index (χ3v) is 4.83. The molecular weight excluding hydrogens is 340 g/mol. The molecule has 0 spiro atoms. The van der Waals surface area contributed by atoms with Gasteiger partial charge in [-0.3, -0.25) is 4.79 Å². The Bertz CT molecular complexity index is 607. The van der Waals surface area contributed by atoms with Gasteiger partial charge in [0.05, 0.1) is 6.26 Å². The molecule has 0 radical (unpaired) electrons. The SMILES string of the molecule is COCCCNC(=O)CCN(Cc1ccccc1Cl)S(C)(=O)=O. The van der Waals surface area contributed by atoms with E-state index < -0.39 is 10.0 Å². The number of hydrogen-bond donors (Lipinski definition) is 1. The number of amides is 1. The molecule has 6 nitrogen and oxygen atoms in total. The molecule has 8 heteroatoms. The van der Waals surface area contributed by atoms with E-state index in [1.54, 1.807) is 31.4 Å². The second kappa shape index (κ2) is 9.87. The Morgan fingerprint density at radius 3 is 2.65 bits per heavy atom. The van der Waals surface area contributed by atoms with Crippen molar-refractivity contribution in [1.82, 2.24) is 9.62 Å². The summed E-state index contributed by atoms with van der Waals surface area (Å²) in [4.78, 5) is 11.8. The molecule has 130 valence electrons. The molecule has 0 saturated carbocycles. The molecule has 0 fully saturated rings. The van der Waals surface area contributed by atoms with Gasteiger partial charge in [0.15, 0.2) is 0 Å². The third kappa shape index (κ3) is 7.78. The lowest BCUT2D eigenvalue weighted by molar-refractivity contribution is -0.121. The fraction of sp³-hybridized carbons (Fsp3) is 0.533. The Kier molecular flexibility index (Phi) is 8.54. The summed E-state index contributed by atoms with van der Waals surface area (Å²) in [7, 11) is -1.83. The maximum Gasteiger partial charge on any atom is 0.221 e. The number of nitrogens with one attached hydrogen (secondary N) is 1. The van der Waals surface area contributed by atoms with E-state index in [2.05, 4.69) is 5.32 Å². The van der Waals surface area contributed by atoms with Crippen molar-refractivity contribution in [2.75, 3.05) is 33.1 Å². The maximum absolute atomic E-state index is 11.9. The number of hydrogen-bond acceptors (Lipinski definition) is 4. The molecule has 0 aromatic heterocycles. The number of sulfonamides is 1. The topological polar surface area (TPSA) is 75.7 Å².